The normalized spacial score (nSPS) is 11.7. The van der Waals surface area contributed by atoms with E-state index in [0.717, 1.165) is 6.07 Å². The van der Waals surface area contributed by atoms with Crippen molar-refractivity contribution in [1.29, 1.82) is 0 Å². The van der Waals surface area contributed by atoms with E-state index >= 15 is 0 Å². The van der Waals surface area contributed by atoms with Crippen molar-refractivity contribution in [3.05, 3.63) is 68.1 Å². The third-order valence-electron chi connectivity index (χ3n) is 3.00. The summed E-state index contributed by atoms with van der Waals surface area (Å²) in [7, 11) is 0. The number of alkyl halides is 3. The second-order valence-corrected chi connectivity index (χ2v) is 5.60. The maximum absolute atomic E-state index is 12.6. The molecule has 1 N–H and O–H groups in total. The Morgan fingerprint density at radius 1 is 1.24 bits per heavy atom. The second kappa shape index (κ2) is 7.71. The van der Waals surface area contributed by atoms with Gasteiger partial charge in [0.15, 0.2) is 0 Å². The van der Waals surface area contributed by atoms with Crippen LogP contribution in [0.5, 0.6) is 0 Å². The molecule has 0 saturated heterocycles. The summed E-state index contributed by atoms with van der Waals surface area (Å²) >= 11 is 11.8. The minimum Gasteiger partial charge on any atom is -0.305 e. The van der Waals surface area contributed by atoms with Crippen LogP contribution in [-0.4, -0.2) is 16.7 Å². The lowest BCUT2D eigenvalue weighted by Crippen LogP contribution is -2.30. The smallest absolute Gasteiger partial charge is 0.305 e. The van der Waals surface area contributed by atoms with E-state index in [4.69, 9.17) is 23.2 Å². The summed E-state index contributed by atoms with van der Waals surface area (Å²) in [6.07, 6.45) is -2.83. The summed E-state index contributed by atoms with van der Waals surface area (Å²) in [5, 5.41) is 4.17. The van der Waals surface area contributed by atoms with Gasteiger partial charge in [0.25, 0.3) is 11.5 Å². The molecule has 0 spiro atoms. The van der Waals surface area contributed by atoms with E-state index in [-0.39, 0.29) is 5.02 Å². The summed E-state index contributed by atoms with van der Waals surface area (Å²) in [5.41, 5.74) is 0.757. The second-order valence-electron chi connectivity index (χ2n) is 4.82. The zero-order valence-electron chi connectivity index (χ0n) is 12.3. The number of nitrogens with one attached hydrogen (secondary N) is 1. The summed E-state index contributed by atoms with van der Waals surface area (Å²) in [6, 6.07) is 6.18. The fraction of sp³-hybridized carbons (Fsp3) is 0.133. The van der Waals surface area contributed by atoms with Gasteiger partial charge in [-0.25, -0.2) is 5.43 Å². The molecule has 0 radical (unpaired) electrons. The minimum atomic E-state index is -4.62. The van der Waals surface area contributed by atoms with Gasteiger partial charge in [-0.1, -0.05) is 35.3 Å². The Morgan fingerprint density at radius 2 is 1.96 bits per heavy atom. The van der Waals surface area contributed by atoms with Gasteiger partial charge < -0.3 is 4.57 Å². The largest absolute Gasteiger partial charge is 0.417 e. The highest BCUT2D eigenvalue weighted by atomic mass is 35.5. The maximum atomic E-state index is 12.6. The van der Waals surface area contributed by atoms with Gasteiger partial charge in [0.05, 0.1) is 21.8 Å². The summed E-state index contributed by atoms with van der Waals surface area (Å²) < 4.78 is 38.5. The predicted octanol–water partition coefficient (Wildman–Crippen LogP) is 3.32. The Hall–Kier alpha value is -2.32. The Bertz CT molecular complexity index is 879. The summed E-state index contributed by atoms with van der Waals surface area (Å²) in [4.78, 5) is 23.3. The van der Waals surface area contributed by atoms with Crippen LogP contribution in [0, 0.1) is 0 Å². The first-order chi connectivity index (χ1) is 11.7. The maximum Gasteiger partial charge on any atom is 0.417 e. The number of hydrogen-bond acceptors (Lipinski definition) is 3. The van der Waals surface area contributed by atoms with Gasteiger partial charge in [-0.3, -0.25) is 9.59 Å². The van der Waals surface area contributed by atoms with E-state index in [0.29, 0.717) is 27.4 Å². The third-order valence-corrected chi connectivity index (χ3v) is 3.83. The molecular formula is C15H10Cl2F3N3O2. The van der Waals surface area contributed by atoms with Gasteiger partial charge in [-0.2, -0.15) is 18.3 Å². The first-order valence-electron chi connectivity index (χ1n) is 6.72. The number of hydrazone groups is 1. The highest BCUT2D eigenvalue weighted by molar-refractivity contribution is 6.43. The molecule has 2 aromatic rings. The Morgan fingerprint density at radius 3 is 2.64 bits per heavy atom. The van der Waals surface area contributed by atoms with Crippen molar-refractivity contribution in [2.75, 3.05) is 0 Å². The van der Waals surface area contributed by atoms with Crippen molar-refractivity contribution in [2.24, 2.45) is 5.10 Å². The van der Waals surface area contributed by atoms with Crippen molar-refractivity contribution in [3.8, 4) is 0 Å². The number of rotatable bonds is 4. The Balaban J connectivity index is 2.07. The van der Waals surface area contributed by atoms with Gasteiger partial charge in [0.2, 0.25) is 0 Å². The lowest BCUT2D eigenvalue weighted by atomic mass is 10.2. The van der Waals surface area contributed by atoms with Crippen LogP contribution in [0.1, 0.15) is 11.1 Å². The van der Waals surface area contributed by atoms with Gasteiger partial charge in [0.1, 0.15) is 6.54 Å². The monoisotopic (exact) mass is 391 g/mol. The molecule has 0 aliphatic rings. The molecule has 5 nitrogen and oxygen atoms in total. The molecule has 25 heavy (non-hydrogen) atoms. The molecule has 132 valence electrons. The summed E-state index contributed by atoms with van der Waals surface area (Å²) in [6.45, 7) is -0.622. The average Bonchev–Trinajstić information content (AvgIpc) is 2.52. The molecule has 0 unspecified atom stereocenters. The first kappa shape index (κ1) is 19.0. The van der Waals surface area contributed by atoms with Crippen molar-refractivity contribution >= 4 is 35.3 Å². The fourth-order valence-corrected chi connectivity index (χ4v) is 2.16. The molecule has 10 heteroatoms. The van der Waals surface area contributed by atoms with Crippen LogP contribution in [0.3, 0.4) is 0 Å². The zero-order chi connectivity index (χ0) is 18.6. The standard InChI is InChI=1S/C15H10Cl2F3N3O2/c16-11-3-1-2-9(14(11)17)6-21-22-12(24)8-23-7-10(15(18,19)20)4-5-13(23)25/h1-7H,8H2,(H,22,24)/b21-6-. The van der Waals surface area contributed by atoms with Crippen LogP contribution in [0.15, 0.2) is 46.4 Å². The summed E-state index contributed by atoms with van der Waals surface area (Å²) in [5.74, 6) is -0.782. The predicted molar refractivity (Wildman–Crippen MR) is 87.9 cm³/mol. The Labute approximate surface area is 149 Å². The molecule has 0 fully saturated rings. The molecule has 1 heterocycles. The van der Waals surface area contributed by atoms with Crippen LogP contribution in [-0.2, 0) is 17.5 Å². The number of halogens is 5. The molecule has 1 aromatic carbocycles. The van der Waals surface area contributed by atoms with Gasteiger partial charge >= 0.3 is 6.18 Å². The number of nitrogens with zero attached hydrogens (tertiary/aromatic N) is 2. The van der Waals surface area contributed by atoms with Crippen molar-refractivity contribution < 1.29 is 18.0 Å². The molecule has 1 amide bonds. The van der Waals surface area contributed by atoms with Crippen LogP contribution >= 0.6 is 23.2 Å². The molecule has 2 rings (SSSR count). The van der Waals surface area contributed by atoms with Gasteiger partial charge in [-0.05, 0) is 12.1 Å². The van der Waals surface area contributed by atoms with E-state index in [1.807, 2.05) is 0 Å². The lowest BCUT2D eigenvalue weighted by molar-refractivity contribution is -0.138. The van der Waals surface area contributed by atoms with E-state index in [2.05, 4.69) is 10.5 Å². The number of amides is 1. The van der Waals surface area contributed by atoms with Crippen LogP contribution in [0.4, 0.5) is 13.2 Å². The topological polar surface area (TPSA) is 63.5 Å². The third kappa shape index (κ3) is 5.07. The number of carbonyl (C=O) groups is 1. The van der Waals surface area contributed by atoms with Crippen molar-refractivity contribution in [3.63, 3.8) is 0 Å². The van der Waals surface area contributed by atoms with Crippen LogP contribution < -0.4 is 11.0 Å². The van der Waals surface area contributed by atoms with Crippen LogP contribution in [0.2, 0.25) is 10.0 Å². The first-order valence-corrected chi connectivity index (χ1v) is 7.47. The number of benzene rings is 1. The molecule has 0 aliphatic heterocycles. The van der Waals surface area contributed by atoms with Gasteiger partial charge in [0, 0.05) is 17.8 Å². The number of pyridine rings is 1. The molecule has 0 bridgehead atoms. The number of aromatic nitrogens is 1. The van der Waals surface area contributed by atoms with E-state index < -0.39 is 29.8 Å². The van der Waals surface area contributed by atoms with Crippen LogP contribution in [0.25, 0.3) is 0 Å². The zero-order valence-corrected chi connectivity index (χ0v) is 13.9. The van der Waals surface area contributed by atoms with Gasteiger partial charge in [-0.15, -0.1) is 0 Å². The molecule has 0 aliphatic carbocycles. The SMILES string of the molecule is O=C(Cn1cc(C(F)(F)F)ccc1=O)N/N=C\c1cccc(Cl)c1Cl. The number of carbonyl (C=O) groups excluding carboxylic acids is 1. The van der Waals surface area contributed by atoms with E-state index in [9.17, 15) is 22.8 Å². The fourth-order valence-electron chi connectivity index (χ4n) is 1.81. The number of hydrogen-bond donors (Lipinski definition) is 1. The van der Waals surface area contributed by atoms with Crippen molar-refractivity contribution in [2.45, 2.75) is 12.7 Å². The highest BCUT2D eigenvalue weighted by Gasteiger charge is 2.31. The minimum absolute atomic E-state index is 0.233. The average molecular weight is 392 g/mol. The van der Waals surface area contributed by atoms with E-state index in [1.165, 1.54) is 6.21 Å². The quantitative estimate of drug-likeness (QED) is 0.641. The van der Waals surface area contributed by atoms with Crippen molar-refractivity contribution in [1.82, 2.24) is 9.99 Å². The lowest BCUT2D eigenvalue weighted by Gasteiger charge is -2.09. The molecule has 0 atom stereocenters. The molecular weight excluding hydrogens is 382 g/mol. The Kier molecular flexibility index (Phi) is 5.86. The van der Waals surface area contributed by atoms with E-state index in [1.54, 1.807) is 18.2 Å². The highest BCUT2D eigenvalue weighted by Crippen LogP contribution is 2.28. The molecule has 1 aromatic heterocycles. The molecule has 0 saturated carbocycles.